The zero-order chi connectivity index (χ0) is 28.5. The molecule has 1 atom stereocenters. The van der Waals surface area contributed by atoms with Crippen molar-refractivity contribution in [1.29, 1.82) is 0 Å². The van der Waals surface area contributed by atoms with Crippen molar-refractivity contribution in [3.05, 3.63) is 95.8 Å². The number of benzene rings is 3. The molecule has 4 rings (SSSR count). The molecule has 1 N–H and O–H groups in total. The fourth-order valence-electron chi connectivity index (χ4n) is 5.49. The zero-order valence-corrected chi connectivity index (χ0v) is 23.2. The first-order valence-corrected chi connectivity index (χ1v) is 14.3. The van der Waals surface area contributed by atoms with Crippen LogP contribution in [0, 0.1) is 23.4 Å². The van der Waals surface area contributed by atoms with Crippen molar-refractivity contribution in [3.63, 3.8) is 0 Å². The molecule has 0 aliphatic heterocycles. The predicted molar refractivity (Wildman–Crippen MR) is 153 cm³/mol. The maximum absolute atomic E-state index is 15.2. The molecule has 0 spiro atoms. The van der Waals surface area contributed by atoms with Gasteiger partial charge in [0, 0.05) is 11.6 Å². The van der Waals surface area contributed by atoms with Crippen LogP contribution in [0.3, 0.4) is 0 Å². The van der Waals surface area contributed by atoms with Gasteiger partial charge in [-0.15, -0.1) is 6.58 Å². The number of aliphatic hydroxyl groups excluding tert-OH is 1. The second-order valence-corrected chi connectivity index (χ2v) is 10.7. The summed E-state index contributed by atoms with van der Waals surface area (Å²) >= 11 is 0. The van der Waals surface area contributed by atoms with E-state index in [1.807, 2.05) is 0 Å². The Morgan fingerprint density at radius 1 is 0.950 bits per heavy atom. The molecule has 0 bridgehead atoms. The summed E-state index contributed by atoms with van der Waals surface area (Å²) in [4.78, 5) is 0. The van der Waals surface area contributed by atoms with Crippen molar-refractivity contribution < 1.29 is 27.8 Å². The SMILES string of the molecule is C=CCCCOc1ccc(OCc2ccc(-c3ccc(C4CCC(C(O)CCC)CC4)c(F)c3F)cc2)cc1F. The van der Waals surface area contributed by atoms with Crippen molar-refractivity contribution in [2.75, 3.05) is 6.61 Å². The molecule has 0 heterocycles. The van der Waals surface area contributed by atoms with Gasteiger partial charge in [0.15, 0.2) is 23.2 Å². The summed E-state index contributed by atoms with van der Waals surface area (Å²) in [6, 6.07) is 14.9. The van der Waals surface area contributed by atoms with E-state index in [0.29, 0.717) is 23.5 Å². The van der Waals surface area contributed by atoms with E-state index in [4.69, 9.17) is 9.47 Å². The summed E-state index contributed by atoms with van der Waals surface area (Å²) in [5, 5.41) is 10.3. The Kier molecular flexibility index (Phi) is 10.7. The van der Waals surface area contributed by atoms with Crippen LogP contribution >= 0.6 is 0 Å². The summed E-state index contributed by atoms with van der Waals surface area (Å²) in [6.07, 6.45) is 7.97. The molecule has 1 fully saturated rings. The van der Waals surface area contributed by atoms with Crippen LogP contribution in [0.1, 0.15) is 75.3 Å². The second-order valence-electron chi connectivity index (χ2n) is 10.7. The normalized spacial score (nSPS) is 17.8. The molecule has 3 nitrogen and oxygen atoms in total. The predicted octanol–water partition coefficient (Wildman–Crippen LogP) is 9.13. The lowest BCUT2D eigenvalue weighted by molar-refractivity contribution is 0.0727. The molecular weight excluding hydrogens is 513 g/mol. The molecule has 0 saturated heterocycles. The van der Waals surface area contributed by atoms with Gasteiger partial charge in [0.2, 0.25) is 0 Å². The molecule has 0 radical (unpaired) electrons. The Bertz CT molecular complexity index is 1250. The number of allylic oxidation sites excluding steroid dienone is 1. The Morgan fingerprint density at radius 2 is 1.70 bits per heavy atom. The molecule has 1 unspecified atom stereocenters. The first-order chi connectivity index (χ1) is 19.4. The topological polar surface area (TPSA) is 38.7 Å². The van der Waals surface area contributed by atoms with E-state index in [-0.39, 0.29) is 35.9 Å². The van der Waals surface area contributed by atoms with Crippen molar-refractivity contribution in [2.45, 2.75) is 76.9 Å². The maximum atomic E-state index is 15.2. The van der Waals surface area contributed by atoms with Crippen LogP contribution in [-0.2, 0) is 6.61 Å². The Morgan fingerprint density at radius 3 is 2.38 bits per heavy atom. The minimum Gasteiger partial charge on any atom is -0.491 e. The van der Waals surface area contributed by atoms with E-state index in [1.165, 1.54) is 6.07 Å². The van der Waals surface area contributed by atoms with Crippen LogP contribution in [0.5, 0.6) is 11.5 Å². The molecular formula is C34H39F3O3. The molecule has 0 amide bonds. The van der Waals surface area contributed by atoms with E-state index < -0.39 is 17.5 Å². The van der Waals surface area contributed by atoms with Gasteiger partial charge in [-0.3, -0.25) is 0 Å². The number of halogens is 3. The van der Waals surface area contributed by atoms with E-state index in [9.17, 15) is 9.50 Å². The van der Waals surface area contributed by atoms with Crippen LogP contribution in [0.2, 0.25) is 0 Å². The molecule has 1 aliphatic carbocycles. The molecule has 214 valence electrons. The smallest absolute Gasteiger partial charge is 0.168 e. The monoisotopic (exact) mass is 552 g/mol. The summed E-state index contributed by atoms with van der Waals surface area (Å²) in [6.45, 7) is 6.32. The molecule has 3 aromatic rings. The molecule has 6 heteroatoms. The number of rotatable bonds is 13. The van der Waals surface area contributed by atoms with Gasteiger partial charge in [-0.25, -0.2) is 13.2 Å². The van der Waals surface area contributed by atoms with Gasteiger partial charge in [-0.05, 0) is 85.6 Å². The third-order valence-electron chi connectivity index (χ3n) is 7.84. The molecule has 1 aliphatic rings. The average molecular weight is 553 g/mol. The van der Waals surface area contributed by atoms with Crippen LogP contribution < -0.4 is 9.47 Å². The lowest BCUT2D eigenvalue weighted by Gasteiger charge is -2.32. The number of hydrogen-bond acceptors (Lipinski definition) is 3. The van der Waals surface area contributed by atoms with Crippen molar-refractivity contribution in [1.82, 2.24) is 0 Å². The van der Waals surface area contributed by atoms with E-state index in [1.54, 1.807) is 54.6 Å². The maximum Gasteiger partial charge on any atom is 0.168 e. The zero-order valence-electron chi connectivity index (χ0n) is 23.2. The Hall–Kier alpha value is -3.25. The highest BCUT2D eigenvalue weighted by Gasteiger charge is 2.29. The lowest BCUT2D eigenvalue weighted by atomic mass is 9.75. The number of aliphatic hydroxyl groups is 1. The van der Waals surface area contributed by atoms with Crippen LogP contribution in [0.25, 0.3) is 11.1 Å². The minimum atomic E-state index is -0.836. The van der Waals surface area contributed by atoms with Crippen molar-refractivity contribution in [2.24, 2.45) is 5.92 Å². The van der Waals surface area contributed by atoms with Crippen LogP contribution in [0.4, 0.5) is 13.2 Å². The quantitative estimate of drug-likeness (QED) is 0.170. The van der Waals surface area contributed by atoms with Gasteiger partial charge in [0.1, 0.15) is 12.4 Å². The molecule has 3 aromatic carbocycles. The summed E-state index contributed by atoms with van der Waals surface area (Å²) in [5.41, 5.74) is 2.03. The summed E-state index contributed by atoms with van der Waals surface area (Å²) in [7, 11) is 0. The standard InChI is InChI=1S/C34H39F3O3/c1-3-5-6-20-39-32-19-16-27(21-30(32)35)40-22-23-8-10-24(11-9-23)28-17-18-29(34(37)33(28)36)25-12-14-26(15-13-25)31(38)7-4-2/h3,8-11,16-19,21,25-26,31,38H,1,4-7,12-15,20,22H2,2H3. The van der Waals surface area contributed by atoms with Crippen molar-refractivity contribution >= 4 is 0 Å². The van der Waals surface area contributed by atoms with Gasteiger partial charge in [0.25, 0.3) is 0 Å². The highest BCUT2D eigenvalue weighted by Crippen LogP contribution is 2.40. The van der Waals surface area contributed by atoms with E-state index >= 15 is 8.78 Å². The first-order valence-electron chi connectivity index (χ1n) is 14.3. The second kappa shape index (κ2) is 14.4. The van der Waals surface area contributed by atoms with E-state index in [2.05, 4.69) is 13.5 Å². The Balaban J connectivity index is 1.34. The molecule has 40 heavy (non-hydrogen) atoms. The summed E-state index contributed by atoms with van der Waals surface area (Å²) in [5.74, 6) is -1.34. The largest absolute Gasteiger partial charge is 0.491 e. The third-order valence-corrected chi connectivity index (χ3v) is 7.84. The van der Waals surface area contributed by atoms with Gasteiger partial charge >= 0.3 is 0 Å². The lowest BCUT2D eigenvalue weighted by Crippen LogP contribution is -2.25. The van der Waals surface area contributed by atoms with Crippen molar-refractivity contribution in [3.8, 4) is 22.6 Å². The van der Waals surface area contributed by atoms with Gasteiger partial charge in [0.05, 0.1) is 12.7 Å². The van der Waals surface area contributed by atoms with Crippen LogP contribution in [-0.4, -0.2) is 17.8 Å². The average Bonchev–Trinajstić information content (AvgIpc) is 2.97. The van der Waals surface area contributed by atoms with Gasteiger partial charge < -0.3 is 14.6 Å². The fraction of sp³-hybridized carbons (Fsp3) is 0.412. The molecule has 0 aromatic heterocycles. The summed E-state index contributed by atoms with van der Waals surface area (Å²) < 4.78 is 55.8. The van der Waals surface area contributed by atoms with E-state index in [0.717, 1.165) is 56.9 Å². The van der Waals surface area contributed by atoms with Crippen LogP contribution in [0.15, 0.2) is 67.3 Å². The fourth-order valence-corrected chi connectivity index (χ4v) is 5.49. The Labute approximate surface area is 235 Å². The molecule has 1 saturated carbocycles. The van der Waals surface area contributed by atoms with Gasteiger partial charge in [-0.1, -0.05) is 55.8 Å². The number of ether oxygens (including phenoxy) is 2. The highest BCUT2D eigenvalue weighted by molar-refractivity contribution is 5.65. The third kappa shape index (κ3) is 7.48. The minimum absolute atomic E-state index is 0.0316. The highest BCUT2D eigenvalue weighted by atomic mass is 19.2. The van der Waals surface area contributed by atoms with Gasteiger partial charge in [-0.2, -0.15) is 0 Å². The number of unbranched alkanes of at least 4 members (excludes halogenated alkanes) is 1. The first kappa shape index (κ1) is 29.7. The number of hydrogen-bond donors (Lipinski definition) is 1.